The molecule has 0 atom stereocenters. The van der Waals surface area contributed by atoms with Crippen molar-refractivity contribution in [1.82, 2.24) is 10.2 Å². The van der Waals surface area contributed by atoms with Crippen LogP contribution in [-0.2, 0) is 4.79 Å². The van der Waals surface area contributed by atoms with Gasteiger partial charge in [0.25, 0.3) is 17.1 Å². The van der Waals surface area contributed by atoms with Gasteiger partial charge in [0, 0.05) is 28.7 Å². The fourth-order valence-corrected chi connectivity index (χ4v) is 3.74. The minimum absolute atomic E-state index is 0.0922. The van der Waals surface area contributed by atoms with E-state index in [0.29, 0.717) is 21.2 Å². The number of rotatable bonds is 5. The van der Waals surface area contributed by atoms with Crippen molar-refractivity contribution in [2.24, 2.45) is 0 Å². The Balaban J connectivity index is 1.62. The quantitative estimate of drug-likeness (QED) is 0.724. The summed E-state index contributed by atoms with van der Waals surface area (Å²) in [6, 6.07) is 13.6. The first kappa shape index (κ1) is 19.5. The minimum Gasteiger partial charge on any atom is -0.350 e. The zero-order valence-electron chi connectivity index (χ0n) is 13.9. The number of thioether (sulfide) groups is 1. The first-order chi connectivity index (χ1) is 13.0. The number of nitrogens with one attached hydrogen (secondary N) is 1. The van der Waals surface area contributed by atoms with Gasteiger partial charge in [-0.2, -0.15) is 0 Å². The normalized spacial score (nSPS) is 15.5. The second-order valence-electron chi connectivity index (χ2n) is 5.62. The Morgan fingerprint density at radius 3 is 2.56 bits per heavy atom. The van der Waals surface area contributed by atoms with Crippen LogP contribution in [0.5, 0.6) is 0 Å². The summed E-state index contributed by atoms with van der Waals surface area (Å²) >= 11 is 12.8. The van der Waals surface area contributed by atoms with Crippen molar-refractivity contribution in [3.05, 3.63) is 74.6 Å². The molecule has 1 aliphatic rings. The Morgan fingerprint density at radius 1 is 1.11 bits per heavy atom. The van der Waals surface area contributed by atoms with E-state index in [4.69, 9.17) is 23.2 Å². The van der Waals surface area contributed by atoms with E-state index < -0.39 is 5.91 Å². The molecule has 5 nitrogen and oxygen atoms in total. The molecule has 2 aromatic rings. The van der Waals surface area contributed by atoms with Crippen LogP contribution in [0.3, 0.4) is 0 Å². The third kappa shape index (κ3) is 4.71. The summed E-state index contributed by atoms with van der Waals surface area (Å²) in [5, 5.41) is 3.19. The summed E-state index contributed by atoms with van der Waals surface area (Å²) in [4.78, 5) is 38.0. The van der Waals surface area contributed by atoms with Crippen LogP contribution in [0.2, 0.25) is 10.0 Å². The number of hydrogen-bond donors (Lipinski definition) is 1. The largest absolute Gasteiger partial charge is 0.350 e. The Labute approximate surface area is 170 Å². The van der Waals surface area contributed by atoms with E-state index in [1.807, 2.05) is 6.07 Å². The number of amides is 3. The monoisotopic (exact) mass is 420 g/mol. The van der Waals surface area contributed by atoms with Gasteiger partial charge in [-0.05, 0) is 47.7 Å². The average Bonchev–Trinajstić information content (AvgIpc) is 2.92. The van der Waals surface area contributed by atoms with Gasteiger partial charge >= 0.3 is 0 Å². The van der Waals surface area contributed by atoms with E-state index in [2.05, 4.69) is 5.32 Å². The highest BCUT2D eigenvalue weighted by Crippen LogP contribution is 2.33. The molecule has 1 aliphatic heterocycles. The molecule has 0 radical (unpaired) electrons. The van der Waals surface area contributed by atoms with Crippen LogP contribution in [0.4, 0.5) is 4.79 Å². The number of halogens is 2. The molecular weight excluding hydrogens is 407 g/mol. The fourth-order valence-electron chi connectivity index (χ4n) is 2.43. The van der Waals surface area contributed by atoms with E-state index >= 15 is 0 Å². The van der Waals surface area contributed by atoms with Crippen molar-refractivity contribution < 1.29 is 14.4 Å². The summed E-state index contributed by atoms with van der Waals surface area (Å²) < 4.78 is 0. The van der Waals surface area contributed by atoms with Crippen LogP contribution in [0.1, 0.15) is 15.9 Å². The van der Waals surface area contributed by atoms with Crippen molar-refractivity contribution in [2.45, 2.75) is 0 Å². The van der Waals surface area contributed by atoms with Gasteiger partial charge in [0.05, 0.1) is 4.91 Å². The molecular formula is C19H14Cl2N2O3S. The molecule has 0 aliphatic carbocycles. The number of imide groups is 1. The third-order valence-electron chi connectivity index (χ3n) is 3.78. The zero-order chi connectivity index (χ0) is 19.4. The highest BCUT2D eigenvalue weighted by atomic mass is 35.5. The van der Waals surface area contributed by atoms with E-state index in [-0.39, 0.29) is 29.1 Å². The molecule has 1 saturated heterocycles. The first-order valence-electron chi connectivity index (χ1n) is 7.99. The molecule has 0 unspecified atom stereocenters. The lowest BCUT2D eigenvalue weighted by molar-refractivity contribution is -0.122. The van der Waals surface area contributed by atoms with Gasteiger partial charge in [-0.1, -0.05) is 47.5 Å². The predicted octanol–water partition coefficient (Wildman–Crippen LogP) is 4.46. The van der Waals surface area contributed by atoms with E-state index in [1.165, 1.54) is 0 Å². The SMILES string of the molecule is O=C(NCCN1C(=O)S/C(=C\c2ccc(Cl)cc2Cl)C1=O)c1ccccc1. The lowest BCUT2D eigenvalue weighted by Gasteiger charge is -2.13. The van der Waals surface area contributed by atoms with Gasteiger partial charge in [-0.3, -0.25) is 19.3 Å². The molecule has 1 fully saturated rings. The highest BCUT2D eigenvalue weighted by Gasteiger charge is 2.34. The molecule has 1 heterocycles. The molecule has 27 heavy (non-hydrogen) atoms. The van der Waals surface area contributed by atoms with Crippen molar-refractivity contribution in [2.75, 3.05) is 13.1 Å². The van der Waals surface area contributed by atoms with Crippen molar-refractivity contribution >= 4 is 58.1 Å². The zero-order valence-corrected chi connectivity index (χ0v) is 16.3. The third-order valence-corrected chi connectivity index (χ3v) is 5.25. The Hall–Kier alpha value is -2.28. The van der Waals surface area contributed by atoms with Crippen LogP contribution < -0.4 is 5.32 Å². The van der Waals surface area contributed by atoms with Crippen molar-refractivity contribution in [3.8, 4) is 0 Å². The minimum atomic E-state index is -0.412. The number of benzene rings is 2. The van der Waals surface area contributed by atoms with Crippen LogP contribution in [-0.4, -0.2) is 35.0 Å². The second-order valence-corrected chi connectivity index (χ2v) is 7.46. The molecule has 0 bridgehead atoms. The van der Waals surface area contributed by atoms with Crippen molar-refractivity contribution in [3.63, 3.8) is 0 Å². The van der Waals surface area contributed by atoms with Crippen LogP contribution in [0, 0.1) is 0 Å². The molecule has 138 valence electrons. The topological polar surface area (TPSA) is 66.5 Å². The molecule has 3 amide bonds. The summed E-state index contributed by atoms with van der Waals surface area (Å²) in [7, 11) is 0. The number of nitrogens with zero attached hydrogens (tertiary/aromatic N) is 1. The standard InChI is InChI=1S/C19H14Cl2N2O3S/c20-14-7-6-13(15(21)11-14)10-16-18(25)23(19(26)27-16)9-8-22-17(24)12-4-2-1-3-5-12/h1-7,10-11H,8-9H2,(H,22,24)/b16-10-. The molecule has 0 saturated carbocycles. The van der Waals surface area contributed by atoms with E-state index in [0.717, 1.165) is 16.7 Å². The van der Waals surface area contributed by atoms with Crippen LogP contribution in [0.25, 0.3) is 6.08 Å². The molecule has 0 aromatic heterocycles. The first-order valence-corrected chi connectivity index (χ1v) is 9.56. The molecule has 1 N–H and O–H groups in total. The van der Waals surface area contributed by atoms with Crippen molar-refractivity contribution in [1.29, 1.82) is 0 Å². The van der Waals surface area contributed by atoms with Gasteiger partial charge in [-0.15, -0.1) is 0 Å². The maximum Gasteiger partial charge on any atom is 0.293 e. The molecule has 0 spiro atoms. The average molecular weight is 421 g/mol. The highest BCUT2D eigenvalue weighted by molar-refractivity contribution is 8.18. The summed E-state index contributed by atoms with van der Waals surface area (Å²) in [5.74, 6) is -0.670. The maximum absolute atomic E-state index is 12.5. The van der Waals surface area contributed by atoms with Gasteiger partial charge in [0.1, 0.15) is 0 Å². The summed E-state index contributed by atoms with van der Waals surface area (Å²) in [6.07, 6.45) is 1.56. The lowest BCUT2D eigenvalue weighted by atomic mass is 10.2. The van der Waals surface area contributed by atoms with Crippen LogP contribution in [0.15, 0.2) is 53.4 Å². The maximum atomic E-state index is 12.5. The van der Waals surface area contributed by atoms with E-state index in [9.17, 15) is 14.4 Å². The van der Waals surface area contributed by atoms with Gasteiger partial charge in [-0.25, -0.2) is 0 Å². The predicted molar refractivity (Wildman–Crippen MR) is 108 cm³/mol. The Kier molecular flexibility index (Phi) is 6.21. The smallest absolute Gasteiger partial charge is 0.293 e. The van der Waals surface area contributed by atoms with Gasteiger partial charge in [0.15, 0.2) is 0 Å². The Morgan fingerprint density at radius 2 is 1.85 bits per heavy atom. The fraction of sp³-hybridized carbons (Fsp3) is 0.105. The van der Waals surface area contributed by atoms with E-state index in [1.54, 1.807) is 48.5 Å². The second kappa shape index (κ2) is 8.61. The molecule has 3 rings (SSSR count). The Bertz CT molecular complexity index is 932. The lowest BCUT2D eigenvalue weighted by Crippen LogP contribution is -2.37. The van der Waals surface area contributed by atoms with Gasteiger partial charge in [0.2, 0.25) is 0 Å². The number of carbonyl (C=O) groups is 3. The number of carbonyl (C=O) groups excluding carboxylic acids is 3. The summed E-state index contributed by atoms with van der Waals surface area (Å²) in [6.45, 7) is 0.260. The van der Waals surface area contributed by atoms with Crippen LogP contribution >= 0.6 is 35.0 Å². The summed E-state index contributed by atoms with van der Waals surface area (Å²) in [5.41, 5.74) is 1.12. The number of hydrogen-bond acceptors (Lipinski definition) is 4. The molecule has 2 aromatic carbocycles. The molecule has 8 heteroatoms. The van der Waals surface area contributed by atoms with Gasteiger partial charge < -0.3 is 5.32 Å².